The number of thiophene rings is 1. The highest BCUT2D eigenvalue weighted by Gasteiger charge is 2.38. The number of carbonyl (C=O) groups is 2. The maximum Gasteiger partial charge on any atom is 0.490 e. The Morgan fingerprint density at radius 3 is 2.56 bits per heavy atom. The quantitative estimate of drug-likeness (QED) is 0.218. The molecule has 0 aliphatic carbocycles. The lowest BCUT2D eigenvalue weighted by Gasteiger charge is -2.08. The van der Waals surface area contributed by atoms with Gasteiger partial charge in [-0.05, 0) is 71.2 Å². The second-order valence-corrected chi connectivity index (χ2v) is 12.2. The zero-order valence-electron chi connectivity index (χ0n) is 20.2. The van der Waals surface area contributed by atoms with E-state index in [0.717, 1.165) is 27.8 Å². The number of carboxylic acid groups (broad SMARTS) is 1. The Bertz CT molecular complexity index is 1790. The third kappa shape index (κ3) is 7.85. The number of carboxylic acids is 1. The van der Waals surface area contributed by atoms with Crippen LogP contribution in [0.3, 0.4) is 0 Å². The highest BCUT2D eigenvalue weighted by molar-refractivity contribution is 8.18. The summed E-state index contributed by atoms with van der Waals surface area (Å²) < 4.78 is 59.5. The summed E-state index contributed by atoms with van der Waals surface area (Å²) in [7, 11) is -3.71. The SMILES string of the molecule is O=C(O)C(F)(F)F.O=C1NC(=Nc2cc(NS(=O)(=O)c3cccs3)ccc2Cl)SC1=Cc1ccc2ncccc2c1. The highest BCUT2D eigenvalue weighted by atomic mass is 35.5. The van der Waals surface area contributed by atoms with Crippen LogP contribution in [0.25, 0.3) is 17.0 Å². The number of hydrogen-bond donors (Lipinski definition) is 3. The number of alkyl halides is 3. The summed E-state index contributed by atoms with van der Waals surface area (Å²) in [5.74, 6) is -3.03. The van der Waals surface area contributed by atoms with E-state index in [1.807, 2.05) is 30.3 Å². The van der Waals surface area contributed by atoms with Crippen LogP contribution in [0.5, 0.6) is 0 Å². The first-order valence-electron chi connectivity index (χ1n) is 11.1. The molecule has 41 heavy (non-hydrogen) atoms. The van der Waals surface area contributed by atoms with Gasteiger partial charge < -0.3 is 10.4 Å². The molecule has 212 valence electrons. The van der Waals surface area contributed by atoms with Gasteiger partial charge in [-0.3, -0.25) is 14.5 Å². The lowest BCUT2D eigenvalue weighted by atomic mass is 10.1. The fourth-order valence-electron chi connectivity index (χ4n) is 3.21. The smallest absolute Gasteiger partial charge is 0.475 e. The Morgan fingerprint density at radius 2 is 1.88 bits per heavy atom. The van der Waals surface area contributed by atoms with Gasteiger partial charge >= 0.3 is 12.1 Å². The van der Waals surface area contributed by atoms with Gasteiger partial charge in [-0.15, -0.1) is 11.3 Å². The number of benzene rings is 2. The predicted molar refractivity (Wildman–Crippen MR) is 153 cm³/mol. The molecule has 5 rings (SSSR count). The average Bonchev–Trinajstić information content (AvgIpc) is 3.57. The minimum atomic E-state index is -5.08. The number of amidine groups is 1. The normalized spacial score (nSPS) is 15.5. The number of nitrogens with one attached hydrogen (secondary N) is 2. The van der Waals surface area contributed by atoms with Gasteiger partial charge in [-0.2, -0.15) is 13.2 Å². The van der Waals surface area contributed by atoms with Crippen LogP contribution in [0.15, 0.2) is 86.3 Å². The summed E-state index contributed by atoms with van der Waals surface area (Å²) in [6, 6.07) is 17.4. The van der Waals surface area contributed by atoms with Crippen LogP contribution in [0.1, 0.15) is 5.56 Å². The number of pyridine rings is 1. The van der Waals surface area contributed by atoms with Gasteiger partial charge in [0, 0.05) is 11.6 Å². The van der Waals surface area contributed by atoms with Crippen molar-refractivity contribution in [3.05, 3.63) is 87.7 Å². The van der Waals surface area contributed by atoms with E-state index in [9.17, 15) is 26.4 Å². The summed E-state index contributed by atoms with van der Waals surface area (Å²) in [6.07, 6.45) is -1.57. The molecule has 1 fully saturated rings. The van der Waals surface area contributed by atoms with Crippen molar-refractivity contribution in [3.8, 4) is 0 Å². The van der Waals surface area contributed by atoms with Gasteiger partial charge in [-0.1, -0.05) is 29.8 Å². The number of hydrogen-bond acceptors (Lipinski definition) is 8. The number of rotatable bonds is 5. The molecular formula is C25H16ClF3N4O5S3. The lowest BCUT2D eigenvalue weighted by molar-refractivity contribution is -0.192. The first-order chi connectivity index (χ1) is 19.3. The van der Waals surface area contributed by atoms with E-state index >= 15 is 0 Å². The van der Waals surface area contributed by atoms with Gasteiger partial charge in [0.25, 0.3) is 15.9 Å². The molecule has 0 bridgehead atoms. The van der Waals surface area contributed by atoms with Crippen molar-refractivity contribution in [2.45, 2.75) is 10.4 Å². The van der Waals surface area contributed by atoms with E-state index in [4.69, 9.17) is 21.5 Å². The van der Waals surface area contributed by atoms with Crippen LogP contribution >= 0.6 is 34.7 Å². The third-order valence-corrected chi connectivity index (χ3v) is 9.01. The zero-order valence-corrected chi connectivity index (χ0v) is 23.4. The van der Waals surface area contributed by atoms with Crippen molar-refractivity contribution in [1.82, 2.24) is 10.3 Å². The summed E-state index contributed by atoms with van der Waals surface area (Å²) in [6.45, 7) is 0. The van der Waals surface area contributed by atoms with Crippen LogP contribution in [0.2, 0.25) is 5.02 Å². The highest BCUT2D eigenvalue weighted by Crippen LogP contribution is 2.33. The number of amides is 1. The average molecular weight is 641 g/mol. The molecule has 3 N–H and O–H groups in total. The number of anilines is 1. The van der Waals surface area contributed by atoms with E-state index in [0.29, 0.717) is 26.5 Å². The molecule has 1 aliphatic rings. The molecule has 16 heteroatoms. The second-order valence-electron chi connectivity index (χ2n) is 7.94. The summed E-state index contributed by atoms with van der Waals surface area (Å²) in [5.41, 5.74) is 2.38. The largest absolute Gasteiger partial charge is 0.490 e. The molecule has 0 radical (unpaired) electrons. The lowest BCUT2D eigenvalue weighted by Crippen LogP contribution is -2.21. The molecule has 0 spiro atoms. The van der Waals surface area contributed by atoms with E-state index < -0.39 is 22.2 Å². The Kier molecular flexibility index (Phi) is 9.01. The number of aliphatic imine (C=N–C) groups is 1. The van der Waals surface area contributed by atoms with Crippen LogP contribution in [0, 0.1) is 0 Å². The number of sulfonamides is 1. The summed E-state index contributed by atoms with van der Waals surface area (Å²) in [4.78, 5) is 30.6. The van der Waals surface area contributed by atoms with Gasteiger partial charge in [0.2, 0.25) is 0 Å². The fourth-order valence-corrected chi connectivity index (χ4v) is 6.25. The third-order valence-electron chi connectivity index (χ3n) is 5.00. The minimum Gasteiger partial charge on any atom is -0.475 e. The predicted octanol–water partition coefficient (Wildman–Crippen LogP) is 6.28. The van der Waals surface area contributed by atoms with E-state index in [1.165, 1.54) is 23.9 Å². The van der Waals surface area contributed by atoms with Crippen LogP contribution in [-0.4, -0.2) is 41.7 Å². The number of aromatic nitrogens is 1. The number of nitrogens with zero attached hydrogens (tertiary/aromatic N) is 2. The number of halogens is 4. The van der Waals surface area contributed by atoms with Crippen molar-refractivity contribution < 1.29 is 36.3 Å². The van der Waals surface area contributed by atoms with Crippen molar-refractivity contribution in [2.24, 2.45) is 4.99 Å². The minimum absolute atomic E-state index is 0.202. The molecule has 0 unspecified atom stereocenters. The monoisotopic (exact) mass is 640 g/mol. The van der Waals surface area contributed by atoms with Gasteiger partial charge in [0.05, 0.1) is 26.8 Å². The molecule has 0 saturated carbocycles. The van der Waals surface area contributed by atoms with Crippen molar-refractivity contribution in [3.63, 3.8) is 0 Å². The number of aliphatic carboxylic acids is 1. The Hall–Kier alpha value is -3.92. The maximum atomic E-state index is 12.5. The molecule has 1 aliphatic heterocycles. The molecule has 4 aromatic rings. The number of thioether (sulfide) groups is 1. The number of fused-ring (bicyclic) bond motifs is 1. The first-order valence-corrected chi connectivity index (χ1v) is 14.7. The molecule has 1 amide bonds. The van der Waals surface area contributed by atoms with Crippen LogP contribution in [-0.2, 0) is 19.6 Å². The van der Waals surface area contributed by atoms with Gasteiger partial charge in [-0.25, -0.2) is 18.2 Å². The second kappa shape index (κ2) is 12.3. The van der Waals surface area contributed by atoms with Gasteiger partial charge in [0.15, 0.2) is 5.17 Å². The van der Waals surface area contributed by atoms with Crippen molar-refractivity contribution in [2.75, 3.05) is 4.72 Å². The Labute approximate surface area is 243 Å². The first kappa shape index (κ1) is 30.0. The molecular weight excluding hydrogens is 625 g/mol. The Morgan fingerprint density at radius 1 is 1.12 bits per heavy atom. The topological polar surface area (TPSA) is 138 Å². The molecule has 0 atom stereocenters. The van der Waals surface area contributed by atoms with E-state index in [-0.39, 0.29) is 10.1 Å². The zero-order chi connectivity index (χ0) is 29.8. The van der Waals surface area contributed by atoms with Crippen molar-refractivity contribution in [1.29, 1.82) is 0 Å². The van der Waals surface area contributed by atoms with Gasteiger partial charge in [0.1, 0.15) is 4.21 Å². The summed E-state index contributed by atoms with van der Waals surface area (Å²) in [5, 5.41) is 13.2. The summed E-state index contributed by atoms with van der Waals surface area (Å²) >= 11 is 8.58. The molecule has 2 aromatic carbocycles. The van der Waals surface area contributed by atoms with E-state index in [2.05, 4.69) is 20.0 Å². The van der Waals surface area contributed by atoms with Crippen LogP contribution < -0.4 is 10.0 Å². The Balaban J connectivity index is 0.000000493. The molecule has 1 saturated heterocycles. The molecule has 2 aromatic heterocycles. The number of carbonyl (C=O) groups excluding carboxylic acids is 1. The molecule has 3 heterocycles. The van der Waals surface area contributed by atoms with Crippen LogP contribution in [0.4, 0.5) is 24.5 Å². The molecule has 9 nitrogen and oxygen atoms in total. The standard InChI is InChI=1S/C23H15ClN4O3S3.C2HF3O2/c24-17-7-6-16(28-34(30,31)21-4-2-10-32-21)13-19(17)26-23-27-22(29)20(33-23)12-14-5-8-18-15(11-14)3-1-9-25-18;3-2(4,5)1(6)7/h1-13,28H,(H,26,27,29);(H,6,7). The van der Waals surface area contributed by atoms with Crippen molar-refractivity contribution >= 4 is 90.1 Å². The fraction of sp³-hybridized carbons (Fsp3) is 0.0400. The maximum absolute atomic E-state index is 12.5. The van der Waals surface area contributed by atoms with E-state index in [1.54, 1.807) is 35.9 Å².